The molecule has 188 valence electrons. The van der Waals surface area contributed by atoms with Gasteiger partial charge in [-0.05, 0) is 34.3 Å². The third-order valence-electron chi connectivity index (χ3n) is 4.36. The average molecular weight is 503 g/mol. The first-order valence-electron chi connectivity index (χ1n) is 10.3. The van der Waals surface area contributed by atoms with Crippen molar-refractivity contribution in [2.24, 2.45) is 4.99 Å². The first-order valence-corrected chi connectivity index (χ1v) is 10.3. The summed E-state index contributed by atoms with van der Waals surface area (Å²) in [5, 5.41) is 20.2. The van der Waals surface area contributed by atoms with E-state index < -0.39 is 29.6 Å². The van der Waals surface area contributed by atoms with Crippen LogP contribution in [-0.4, -0.2) is 29.8 Å². The number of benzene rings is 2. The van der Waals surface area contributed by atoms with Gasteiger partial charge in [0.15, 0.2) is 0 Å². The van der Waals surface area contributed by atoms with Crippen LogP contribution in [0.1, 0.15) is 11.1 Å². The molecule has 36 heavy (non-hydrogen) atoms. The molecule has 1 heterocycles. The third-order valence-corrected chi connectivity index (χ3v) is 4.36. The van der Waals surface area contributed by atoms with Gasteiger partial charge in [0.05, 0.1) is 11.3 Å². The fourth-order valence-electron chi connectivity index (χ4n) is 2.88. The summed E-state index contributed by atoms with van der Waals surface area (Å²) in [6.07, 6.45) is -2.30. The van der Waals surface area contributed by atoms with E-state index in [-0.39, 0.29) is 36.8 Å². The highest BCUT2D eigenvalue weighted by Crippen LogP contribution is 2.34. The van der Waals surface area contributed by atoms with Crippen molar-refractivity contribution in [3.8, 4) is 0 Å². The summed E-state index contributed by atoms with van der Waals surface area (Å²) in [5.41, 5.74) is -1.01. The molecule has 0 radical (unpaired) electrons. The summed E-state index contributed by atoms with van der Waals surface area (Å²) in [6, 6.07) is 10.1. The topological polar surface area (TPSA) is 133 Å². The molecule has 13 heteroatoms. The normalized spacial score (nSPS) is 11.6. The van der Waals surface area contributed by atoms with Crippen molar-refractivity contribution >= 4 is 35.2 Å². The molecule has 0 saturated carbocycles. The van der Waals surface area contributed by atoms with Gasteiger partial charge >= 0.3 is 24.1 Å². The number of esters is 1. The number of carbonyl (C=O) groups excluding carboxylic acids is 2. The number of hydrogen-bond acceptors (Lipinski definition) is 7. The van der Waals surface area contributed by atoms with Crippen LogP contribution in [0.2, 0.25) is 0 Å². The van der Waals surface area contributed by atoms with Crippen molar-refractivity contribution < 1.29 is 41.8 Å². The molecule has 0 saturated heterocycles. The Morgan fingerprint density at radius 1 is 1.19 bits per heavy atom. The molecular weight excluding hydrogens is 483 g/mol. The lowest BCUT2D eigenvalue weighted by atomic mass is 10.1. The van der Waals surface area contributed by atoms with E-state index in [1.165, 1.54) is 12.3 Å². The number of aromatic nitrogens is 2. The first-order chi connectivity index (χ1) is 17.1. The zero-order chi connectivity index (χ0) is 26.1. The van der Waals surface area contributed by atoms with E-state index in [9.17, 15) is 27.9 Å². The SMILES string of the molecule is C=CCOC(=O)C[n+]1cc(NC(=O)Nc2cc(N=C([O-])Cc3ccccc3)cc(C(F)(F)F)c2)on1. The number of nitrogens with zero attached hydrogens (tertiary/aromatic N) is 3. The van der Waals surface area contributed by atoms with Gasteiger partial charge in [-0.25, -0.2) is 9.59 Å². The Morgan fingerprint density at radius 2 is 1.94 bits per heavy atom. The number of carbonyl (C=O) groups is 2. The molecule has 0 atom stereocenters. The minimum absolute atomic E-state index is 0.00781. The number of nitrogens with one attached hydrogen (secondary N) is 2. The van der Waals surface area contributed by atoms with E-state index >= 15 is 0 Å². The van der Waals surface area contributed by atoms with Crippen LogP contribution in [0.25, 0.3) is 0 Å². The molecule has 10 nitrogen and oxygen atoms in total. The summed E-state index contributed by atoms with van der Waals surface area (Å²) in [7, 11) is 0. The van der Waals surface area contributed by atoms with E-state index in [1.54, 1.807) is 30.3 Å². The van der Waals surface area contributed by atoms with E-state index in [4.69, 9.17) is 9.26 Å². The zero-order valence-corrected chi connectivity index (χ0v) is 18.6. The summed E-state index contributed by atoms with van der Waals surface area (Å²) in [4.78, 5) is 27.6. The second kappa shape index (κ2) is 11.6. The van der Waals surface area contributed by atoms with Gasteiger partial charge in [-0.3, -0.25) is 14.8 Å². The van der Waals surface area contributed by atoms with Crippen LogP contribution >= 0.6 is 0 Å². The van der Waals surface area contributed by atoms with Crippen molar-refractivity contribution in [3.05, 3.63) is 78.5 Å². The Bertz CT molecular complexity index is 1260. The number of halogens is 3. The number of hydrogen-bond donors (Lipinski definition) is 2. The molecule has 2 N–H and O–H groups in total. The van der Waals surface area contributed by atoms with Gasteiger partial charge in [0.1, 0.15) is 6.61 Å². The molecule has 0 aliphatic carbocycles. The largest absolute Gasteiger partial charge is 0.861 e. The maximum atomic E-state index is 13.4. The predicted molar refractivity (Wildman–Crippen MR) is 119 cm³/mol. The summed E-state index contributed by atoms with van der Waals surface area (Å²) in [6.45, 7) is 3.11. The predicted octanol–water partition coefficient (Wildman–Crippen LogP) is 2.99. The molecule has 0 aliphatic rings. The number of rotatable bonds is 9. The van der Waals surface area contributed by atoms with Crippen molar-refractivity contribution in [1.29, 1.82) is 0 Å². The Kier molecular flexibility index (Phi) is 8.39. The molecule has 0 unspecified atom stereocenters. The molecule has 3 aromatic rings. The van der Waals surface area contributed by atoms with Gasteiger partial charge in [0.2, 0.25) is 5.27 Å². The third kappa shape index (κ3) is 7.97. The van der Waals surface area contributed by atoms with Crippen LogP contribution in [-0.2, 0) is 28.7 Å². The summed E-state index contributed by atoms with van der Waals surface area (Å²) in [5.74, 6) is -1.49. The van der Waals surface area contributed by atoms with E-state index in [2.05, 4.69) is 27.5 Å². The van der Waals surface area contributed by atoms with Crippen LogP contribution in [0.3, 0.4) is 0 Å². The molecule has 3 rings (SSSR count). The minimum atomic E-state index is -4.75. The molecule has 1 aromatic heterocycles. The fourth-order valence-corrected chi connectivity index (χ4v) is 2.88. The van der Waals surface area contributed by atoms with Crippen molar-refractivity contribution in [2.75, 3.05) is 17.2 Å². The molecule has 0 fully saturated rings. The van der Waals surface area contributed by atoms with Crippen molar-refractivity contribution in [3.63, 3.8) is 0 Å². The van der Waals surface area contributed by atoms with Gasteiger partial charge in [-0.15, -0.1) is 0 Å². The van der Waals surface area contributed by atoms with Crippen LogP contribution in [0.15, 0.2) is 76.9 Å². The Hall–Kier alpha value is -4.68. The summed E-state index contributed by atoms with van der Waals surface area (Å²) < 4.78 is 50.8. The fraction of sp³-hybridized carbons (Fsp3) is 0.174. The molecule has 0 aliphatic heterocycles. The monoisotopic (exact) mass is 503 g/mol. The van der Waals surface area contributed by atoms with Crippen molar-refractivity contribution in [2.45, 2.75) is 19.1 Å². The lowest BCUT2D eigenvalue weighted by Gasteiger charge is -2.14. The minimum Gasteiger partial charge on any atom is -0.861 e. The second-order valence-electron chi connectivity index (χ2n) is 7.25. The number of amides is 2. The van der Waals surface area contributed by atoms with Gasteiger partial charge in [0.25, 0.3) is 12.7 Å². The van der Waals surface area contributed by atoms with Crippen LogP contribution < -0.4 is 20.4 Å². The number of urea groups is 1. The van der Waals surface area contributed by atoms with E-state index in [1.807, 2.05) is 0 Å². The number of anilines is 2. The molecule has 2 amide bonds. The number of aliphatic imine (C=N–C) groups is 1. The van der Waals surface area contributed by atoms with Gasteiger partial charge in [0, 0.05) is 12.1 Å². The first kappa shape index (κ1) is 25.9. The highest BCUT2D eigenvalue weighted by Gasteiger charge is 2.31. The van der Waals surface area contributed by atoms with Gasteiger partial charge in [-0.1, -0.05) is 43.0 Å². The maximum absolute atomic E-state index is 13.4. The Labute approximate surface area is 202 Å². The second-order valence-corrected chi connectivity index (χ2v) is 7.25. The maximum Gasteiger partial charge on any atom is 0.416 e. The molecular formula is C23H20F3N5O5. The molecule has 2 aromatic carbocycles. The van der Waals surface area contributed by atoms with Crippen molar-refractivity contribution in [1.82, 2.24) is 5.27 Å². The average Bonchev–Trinajstić information content (AvgIpc) is 3.23. The van der Waals surface area contributed by atoms with Crippen LogP contribution in [0.4, 0.5) is 35.2 Å². The number of ether oxygens (including phenoxy) is 1. The van der Waals surface area contributed by atoms with Gasteiger partial charge < -0.3 is 15.2 Å². The summed E-state index contributed by atoms with van der Waals surface area (Å²) >= 11 is 0. The Morgan fingerprint density at radius 3 is 2.64 bits per heavy atom. The highest BCUT2D eigenvalue weighted by molar-refractivity contribution is 5.99. The Balaban J connectivity index is 1.71. The smallest absolute Gasteiger partial charge is 0.416 e. The van der Waals surface area contributed by atoms with Crippen LogP contribution in [0.5, 0.6) is 0 Å². The standard InChI is InChI=1S/C23H20F3N5O5/c1-2-8-35-21(33)14-31-13-20(36-30-31)29-22(34)28-18-11-16(23(24,25)26)10-17(12-18)27-19(32)9-15-6-4-3-5-7-15/h2-7,10-13H,1,8-9,14H2,(H2-,27,28,29,30,32,34). The zero-order valence-electron chi connectivity index (χ0n) is 18.6. The lowest BCUT2D eigenvalue weighted by molar-refractivity contribution is -0.752. The molecule has 0 spiro atoms. The quantitative estimate of drug-likeness (QED) is 0.152. The molecule has 0 bridgehead atoms. The van der Waals surface area contributed by atoms with E-state index in [0.717, 1.165) is 10.7 Å². The lowest BCUT2D eigenvalue weighted by Crippen LogP contribution is -2.39. The van der Waals surface area contributed by atoms with Crippen LogP contribution in [0, 0.1) is 0 Å². The number of alkyl halides is 3. The van der Waals surface area contributed by atoms with E-state index in [0.29, 0.717) is 17.7 Å². The van der Waals surface area contributed by atoms with Gasteiger partial charge in [-0.2, -0.15) is 13.2 Å². The highest BCUT2D eigenvalue weighted by atomic mass is 19.4.